The molecule has 1 heterocycles. The Morgan fingerprint density at radius 2 is 1.70 bits per heavy atom. The standard InChI is InChI=1S/C20H19BrN2O3S/c1-3-25-16-8-4-14(5-9-16)19-13(2)27-20(23-19)22-18(24)12-26-17-10-6-15(21)7-11-17/h4-11H,3,12H2,1-2H3,(H,22,23,24). The van der Waals surface area contributed by atoms with E-state index in [1.54, 1.807) is 12.1 Å². The van der Waals surface area contributed by atoms with Crippen molar-refractivity contribution in [3.63, 3.8) is 0 Å². The highest BCUT2D eigenvalue weighted by molar-refractivity contribution is 9.10. The average molecular weight is 447 g/mol. The first-order valence-corrected chi connectivity index (χ1v) is 10.0. The van der Waals surface area contributed by atoms with E-state index < -0.39 is 0 Å². The van der Waals surface area contributed by atoms with Crippen LogP contribution in [0.15, 0.2) is 53.0 Å². The van der Waals surface area contributed by atoms with Gasteiger partial charge >= 0.3 is 0 Å². The molecule has 1 amide bonds. The second-order valence-electron chi connectivity index (χ2n) is 5.67. The largest absolute Gasteiger partial charge is 0.494 e. The lowest BCUT2D eigenvalue weighted by Gasteiger charge is -2.05. The molecule has 0 aliphatic rings. The lowest BCUT2D eigenvalue weighted by molar-refractivity contribution is -0.118. The molecule has 0 saturated heterocycles. The summed E-state index contributed by atoms with van der Waals surface area (Å²) in [7, 11) is 0. The third-order valence-corrected chi connectivity index (χ3v) is 5.08. The predicted molar refractivity (Wildman–Crippen MR) is 112 cm³/mol. The van der Waals surface area contributed by atoms with E-state index in [0.29, 0.717) is 17.5 Å². The van der Waals surface area contributed by atoms with Gasteiger partial charge in [0.25, 0.3) is 5.91 Å². The van der Waals surface area contributed by atoms with E-state index >= 15 is 0 Å². The van der Waals surface area contributed by atoms with Crippen molar-refractivity contribution in [1.82, 2.24) is 4.98 Å². The van der Waals surface area contributed by atoms with E-state index in [-0.39, 0.29) is 12.5 Å². The number of halogens is 1. The minimum atomic E-state index is -0.245. The van der Waals surface area contributed by atoms with Crippen LogP contribution in [-0.4, -0.2) is 24.1 Å². The maximum absolute atomic E-state index is 12.1. The molecule has 0 spiro atoms. The molecule has 0 aliphatic carbocycles. The van der Waals surface area contributed by atoms with Crippen LogP contribution in [0.2, 0.25) is 0 Å². The van der Waals surface area contributed by atoms with Crippen molar-refractivity contribution in [1.29, 1.82) is 0 Å². The highest BCUT2D eigenvalue weighted by Crippen LogP contribution is 2.31. The fourth-order valence-electron chi connectivity index (χ4n) is 2.43. The maximum atomic E-state index is 12.1. The summed E-state index contributed by atoms with van der Waals surface area (Å²) in [6.07, 6.45) is 0. The van der Waals surface area contributed by atoms with Gasteiger partial charge in [0.15, 0.2) is 11.7 Å². The molecule has 1 N–H and O–H groups in total. The second kappa shape index (κ2) is 9.01. The number of amides is 1. The number of ether oxygens (including phenoxy) is 2. The van der Waals surface area contributed by atoms with Gasteiger partial charge < -0.3 is 9.47 Å². The quantitative estimate of drug-likeness (QED) is 0.534. The number of nitrogens with zero attached hydrogens (tertiary/aromatic N) is 1. The zero-order chi connectivity index (χ0) is 19.2. The second-order valence-corrected chi connectivity index (χ2v) is 7.79. The van der Waals surface area contributed by atoms with Gasteiger partial charge in [-0.15, -0.1) is 11.3 Å². The van der Waals surface area contributed by atoms with Crippen molar-refractivity contribution in [2.75, 3.05) is 18.5 Å². The van der Waals surface area contributed by atoms with E-state index in [1.807, 2.05) is 50.2 Å². The summed E-state index contributed by atoms with van der Waals surface area (Å²) >= 11 is 4.80. The van der Waals surface area contributed by atoms with Crippen molar-refractivity contribution in [3.8, 4) is 22.8 Å². The molecule has 2 aromatic carbocycles. The Balaban J connectivity index is 1.61. The molecule has 0 atom stereocenters. The molecular formula is C20H19BrN2O3S. The van der Waals surface area contributed by atoms with E-state index in [2.05, 4.69) is 26.2 Å². The molecule has 3 rings (SSSR count). The zero-order valence-electron chi connectivity index (χ0n) is 15.0. The van der Waals surface area contributed by atoms with Gasteiger partial charge in [-0.2, -0.15) is 0 Å². The fourth-order valence-corrected chi connectivity index (χ4v) is 3.54. The molecule has 0 saturated carbocycles. The summed E-state index contributed by atoms with van der Waals surface area (Å²) in [6, 6.07) is 15.1. The molecule has 140 valence electrons. The van der Waals surface area contributed by atoms with Crippen molar-refractivity contribution >= 4 is 38.3 Å². The Hall–Kier alpha value is -2.38. The summed E-state index contributed by atoms with van der Waals surface area (Å²) in [5.41, 5.74) is 1.84. The first kappa shape index (κ1) is 19.4. The van der Waals surface area contributed by atoms with Crippen LogP contribution >= 0.6 is 27.3 Å². The lowest BCUT2D eigenvalue weighted by atomic mass is 10.1. The minimum Gasteiger partial charge on any atom is -0.494 e. The predicted octanol–water partition coefficient (Wildman–Crippen LogP) is 5.30. The molecule has 0 radical (unpaired) electrons. The molecular weight excluding hydrogens is 428 g/mol. The molecule has 27 heavy (non-hydrogen) atoms. The molecule has 5 nitrogen and oxygen atoms in total. The SMILES string of the molecule is CCOc1ccc(-c2nc(NC(=O)COc3ccc(Br)cc3)sc2C)cc1. The highest BCUT2D eigenvalue weighted by atomic mass is 79.9. The average Bonchev–Trinajstić information content (AvgIpc) is 3.02. The number of hydrogen-bond acceptors (Lipinski definition) is 5. The smallest absolute Gasteiger partial charge is 0.264 e. The van der Waals surface area contributed by atoms with Gasteiger partial charge in [0.1, 0.15) is 11.5 Å². The molecule has 0 unspecified atom stereocenters. The van der Waals surface area contributed by atoms with Crippen LogP contribution in [0, 0.1) is 6.92 Å². The Labute approximate surface area is 170 Å². The molecule has 3 aromatic rings. The molecule has 0 aliphatic heterocycles. The summed E-state index contributed by atoms with van der Waals surface area (Å²) in [6.45, 7) is 4.50. The van der Waals surface area contributed by atoms with E-state index in [1.165, 1.54) is 11.3 Å². The summed E-state index contributed by atoms with van der Waals surface area (Å²) < 4.78 is 11.9. The third kappa shape index (κ3) is 5.30. The summed E-state index contributed by atoms with van der Waals surface area (Å²) in [5, 5.41) is 3.35. The van der Waals surface area contributed by atoms with Crippen molar-refractivity contribution < 1.29 is 14.3 Å². The van der Waals surface area contributed by atoms with Crippen LogP contribution in [0.1, 0.15) is 11.8 Å². The molecule has 0 fully saturated rings. The highest BCUT2D eigenvalue weighted by Gasteiger charge is 2.12. The number of aryl methyl sites for hydroxylation is 1. The summed E-state index contributed by atoms with van der Waals surface area (Å²) in [5.74, 6) is 1.22. The van der Waals surface area contributed by atoms with Crippen LogP contribution in [0.4, 0.5) is 5.13 Å². The normalized spacial score (nSPS) is 10.5. The minimum absolute atomic E-state index is 0.0708. The van der Waals surface area contributed by atoms with E-state index in [4.69, 9.17) is 9.47 Å². The Kier molecular flexibility index (Phi) is 6.47. The number of thiazole rings is 1. The first-order valence-electron chi connectivity index (χ1n) is 8.44. The van der Waals surface area contributed by atoms with E-state index in [0.717, 1.165) is 26.4 Å². The van der Waals surface area contributed by atoms with Crippen molar-refractivity contribution in [2.45, 2.75) is 13.8 Å². The fraction of sp³-hybridized carbons (Fsp3) is 0.200. The third-order valence-electron chi connectivity index (χ3n) is 3.67. The number of hydrogen-bond donors (Lipinski definition) is 1. The van der Waals surface area contributed by atoms with Gasteiger partial charge in [-0.25, -0.2) is 4.98 Å². The van der Waals surface area contributed by atoms with Crippen LogP contribution in [-0.2, 0) is 4.79 Å². The van der Waals surface area contributed by atoms with Crippen molar-refractivity contribution in [3.05, 3.63) is 57.9 Å². The Morgan fingerprint density at radius 1 is 1.07 bits per heavy atom. The number of benzene rings is 2. The number of carbonyl (C=O) groups excluding carboxylic acids is 1. The van der Waals surface area contributed by atoms with Crippen LogP contribution < -0.4 is 14.8 Å². The molecule has 0 bridgehead atoms. The van der Waals surface area contributed by atoms with Gasteiger partial charge in [-0.1, -0.05) is 15.9 Å². The zero-order valence-corrected chi connectivity index (χ0v) is 17.4. The monoisotopic (exact) mass is 446 g/mol. The Bertz CT molecular complexity index is 908. The number of rotatable bonds is 7. The number of anilines is 1. The molecule has 7 heteroatoms. The van der Waals surface area contributed by atoms with E-state index in [9.17, 15) is 4.79 Å². The van der Waals surface area contributed by atoms with Crippen LogP contribution in [0.3, 0.4) is 0 Å². The topological polar surface area (TPSA) is 60.5 Å². The summed E-state index contributed by atoms with van der Waals surface area (Å²) in [4.78, 5) is 17.7. The van der Waals surface area contributed by atoms with Crippen LogP contribution in [0.5, 0.6) is 11.5 Å². The molecule has 1 aromatic heterocycles. The van der Waals surface area contributed by atoms with Crippen molar-refractivity contribution in [2.24, 2.45) is 0 Å². The lowest BCUT2D eigenvalue weighted by Crippen LogP contribution is -2.20. The Morgan fingerprint density at radius 3 is 2.37 bits per heavy atom. The van der Waals surface area contributed by atoms with Gasteiger partial charge in [0, 0.05) is 14.9 Å². The first-order chi connectivity index (χ1) is 13.0. The van der Waals surface area contributed by atoms with Gasteiger partial charge in [-0.05, 0) is 62.4 Å². The van der Waals surface area contributed by atoms with Gasteiger partial charge in [0.05, 0.1) is 12.3 Å². The number of carbonyl (C=O) groups is 1. The number of aromatic nitrogens is 1. The maximum Gasteiger partial charge on any atom is 0.264 e. The number of nitrogens with one attached hydrogen (secondary N) is 1. The van der Waals surface area contributed by atoms with Gasteiger partial charge in [0.2, 0.25) is 0 Å². The van der Waals surface area contributed by atoms with Gasteiger partial charge in [-0.3, -0.25) is 10.1 Å². The van der Waals surface area contributed by atoms with Crippen LogP contribution in [0.25, 0.3) is 11.3 Å².